The number of hydrogen-bond acceptors (Lipinski definition) is 6. The van der Waals surface area contributed by atoms with Crippen molar-refractivity contribution in [2.45, 2.75) is 77.7 Å². The van der Waals surface area contributed by atoms with E-state index in [9.17, 15) is 24.6 Å². The van der Waals surface area contributed by atoms with Crippen LogP contribution in [0.4, 0.5) is 4.79 Å². The fraction of sp³-hybridized carbons (Fsp3) is 0.364. The molecule has 9 heteroatoms. The number of phenolic OH excluding ortho intramolecular Hbond substituents is 2. The van der Waals surface area contributed by atoms with E-state index in [1.165, 1.54) is 23.1 Å². The number of amides is 3. The minimum Gasteiger partial charge on any atom is -0.508 e. The van der Waals surface area contributed by atoms with Gasteiger partial charge < -0.3 is 30.5 Å². The standard InChI is InChI=1S/C33H41N3O6/c1-32(2,3)36(28(25-14-10-11-15-27(25)38)29(39)34-21-23-12-8-7-9-13-23)30(40)26(35-31(41)42-33(4,5)6)20-22-16-18-24(37)19-17-22/h7-19,26,28,37-38H,20-21H2,1-6H3,(H,34,39)(H,35,41). The van der Waals surface area contributed by atoms with Crippen molar-refractivity contribution in [1.82, 2.24) is 15.5 Å². The van der Waals surface area contributed by atoms with Gasteiger partial charge in [-0.3, -0.25) is 9.59 Å². The molecule has 3 aromatic carbocycles. The van der Waals surface area contributed by atoms with Crippen LogP contribution in [0.25, 0.3) is 0 Å². The molecule has 0 heterocycles. The number of benzene rings is 3. The molecule has 2 atom stereocenters. The van der Waals surface area contributed by atoms with Crippen molar-refractivity contribution < 1.29 is 29.3 Å². The van der Waals surface area contributed by atoms with Crippen LogP contribution >= 0.6 is 0 Å². The Hall–Kier alpha value is -4.53. The van der Waals surface area contributed by atoms with Gasteiger partial charge in [-0.1, -0.05) is 60.7 Å². The number of hydrogen-bond donors (Lipinski definition) is 4. The van der Waals surface area contributed by atoms with Gasteiger partial charge in [0.15, 0.2) is 0 Å². The predicted molar refractivity (Wildman–Crippen MR) is 161 cm³/mol. The predicted octanol–water partition coefficient (Wildman–Crippen LogP) is 5.22. The van der Waals surface area contributed by atoms with Gasteiger partial charge in [0.2, 0.25) is 11.8 Å². The SMILES string of the molecule is CC(C)(C)OC(=O)NC(Cc1ccc(O)cc1)C(=O)N(C(C(=O)NCc1ccccc1)c1ccccc1O)C(C)(C)C. The first kappa shape index (κ1) is 32.0. The van der Waals surface area contributed by atoms with Crippen LogP contribution in [0.1, 0.15) is 64.3 Å². The van der Waals surface area contributed by atoms with E-state index < -0.39 is 41.1 Å². The van der Waals surface area contributed by atoms with Crippen LogP contribution in [0.3, 0.4) is 0 Å². The highest BCUT2D eigenvalue weighted by Crippen LogP contribution is 2.34. The normalized spacial score (nSPS) is 13.0. The molecule has 3 rings (SSSR count). The number of ether oxygens (including phenoxy) is 1. The van der Waals surface area contributed by atoms with E-state index in [0.29, 0.717) is 5.56 Å². The summed E-state index contributed by atoms with van der Waals surface area (Å²) in [7, 11) is 0. The second-order valence-electron chi connectivity index (χ2n) is 12.1. The van der Waals surface area contributed by atoms with Crippen LogP contribution in [0, 0.1) is 0 Å². The fourth-order valence-corrected chi connectivity index (χ4v) is 4.53. The molecule has 0 saturated heterocycles. The molecule has 0 saturated carbocycles. The topological polar surface area (TPSA) is 128 Å². The smallest absolute Gasteiger partial charge is 0.408 e. The Morgan fingerprint density at radius 3 is 1.98 bits per heavy atom. The zero-order valence-corrected chi connectivity index (χ0v) is 25.0. The van der Waals surface area contributed by atoms with Crippen molar-refractivity contribution in [3.63, 3.8) is 0 Å². The van der Waals surface area contributed by atoms with Crippen molar-refractivity contribution in [3.05, 3.63) is 95.6 Å². The Morgan fingerprint density at radius 2 is 1.40 bits per heavy atom. The largest absolute Gasteiger partial charge is 0.508 e. The number of aromatic hydroxyl groups is 2. The van der Waals surface area contributed by atoms with Gasteiger partial charge >= 0.3 is 6.09 Å². The molecule has 42 heavy (non-hydrogen) atoms. The summed E-state index contributed by atoms with van der Waals surface area (Å²) in [5, 5.41) is 26.2. The molecule has 9 nitrogen and oxygen atoms in total. The Kier molecular flexibility index (Phi) is 10.2. The lowest BCUT2D eigenvalue weighted by molar-refractivity contribution is -0.148. The van der Waals surface area contributed by atoms with E-state index in [2.05, 4.69) is 10.6 Å². The van der Waals surface area contributed by atoms with Crippen LogP contribution < -0.4 is 10.6 Å². The molecule has 0 aliphatic heterocycles. The van der Waals surface area contributed by atoms with Crippen LogP contribution in [0.5, 0.6) is 11.5 Å². The van der Waals surface area contributed by atoms with Crippen molar-refractivity contribution in [2.24, 2.45) is 0 Å². The van der Waals surface area contributed by atoms with Gasteiger partial charge in [-0.2, -0.15) is 0 Å². The number of nitrogens with zero attached hydrogens (tertiary/aromatic N) is 1. The molecule has 3 aromatic rings. The van der Waals surface area contributed by atoms with E-state index in [-0.39, 0.29) is 30.0 Å². The van der Waals surface area contributed by atoms with Gasteiger partial charge in [0.05, 0.1) is 0 Å². The Labute approximate surface area is 247 Å². The van der Waals surface area contributed by atoms with Crippen LogP contribution in [-0.4, -0.2) is 50.2 Å². The van der Waals surface area contributed by atoms with Gasteiger partial charge in [-0.15, -0.1) is 0 Å². The Balaban J connectivity index is 2.06. The van der Waals surface area contributed by atoms with Crippen LogP contribution in [0.2, 0.25) is 0 Å². The second-order valence-corrected chi connectivity index (χ2v) is 12.1. The first-order valence-corrected chi connectivity index (χ1v) is 13.9. The quantitative estimate of drug-likeness (QED) is 0.277. The average Bonchev–Trinajstić information content (AvgIpc) is 2.90. The fourth-order valence-electron chi connectivity index (χ4n) is 4.53. The third kappa shape index (κ3) is 8.99. The molecule has 224 valence electrons. The zero-order chi connectivity index (χ0) is 31.1. The minimum atomic E-state index is -1.23. The summed E-state index contributed by atoms with van der Waals surface area (Å²) < 4.78 is 5.46. The number of carbonyl (C=O) groups excluding carboxylic acids is 3. The number of phenols is 2. The molecule has 3 amide bonds. The first-order valence-electron chi connectivity index (χ1n) is 13.9. The summed E-state index contributed by atoms with van der Waals surface area (Å²) in [6, 6.07) is 19.7. The lowest BCUT2D eigenvalue weighted by Gasteiger charge is -2.43. The summed E-state index contributed by atoms with van der Waals surface area (Å²) >= 11 is 0. The second kappa shape index (κ2) is 13.4. The van der Waals surface area contributed by atoms with Gasteiger partial charge in [-0.05, 0) is 70.9 Å². The number of alkyl carbamates (subject to hydrolysis) is 1. The number of rotatable bonds is 9. The highest BCUT2D eigenvalue weighted by Gasteiger charge is 2.42. The van der Waals surface area contributed by atoms with Crippen molar-refractivity contribution in [3.8, 4) is 11.5 Å². The first-order chi connectivity index (χ1) is 19.7. The summed E-state index contributed by atoms with van der Waals surface area (Å²) in [4.78, 5) is 42.8. The zero-order valence-electron chi connectivity index (χ0n) is 25.0. The maximum absolute atomic E-state index is 14.5. The molecule has 4 N–H and O–H groups in total. The Morgan fingerprint density at radius 1 is 0.810 bits per heavy atom. The summed E-state index contributed by atoms with van der Waals surface area (Å²) in [5.41, 5.74) is 0.0371. The van der Waals surface area contributed by atoms with E-state index in [0.717, 1.165) is 5.56 Å². The van der Waals surface area contributed by atoms with Crippen molar-refractivity contribution in [1.29, 1.82) is 0 Å². The van der Waals surface area contributed by atoms with Crippen molar-refractivity contribution >= 4 is 17.9 Å². The van der Waals surface area contributed by atoms with Crippen molar-refractivity contribution in [2.75, 3.05) is 0 Å². The molecule has 0 aliphatic carbocycles. The monoisotopic (exact) mass is 575 g/mol. The van der Waals surface area contributed by atoms with E-state index >= 15 is 0 Å². The molecule has 0 fully saturated rings. The van der Waals surface area contributed by atoms with Gasteiger partial charge in [0, 0.05) is 24.1 Å². The van der Waals surface area contributed by atoms with E-state index in [4.69, 9.17) is 4.74 Å². The van der Waals surface area contributed by atoms with E-state index in [1.54, 1.807) is 71.9 Å². The maximum Gasteiger partial charge on any atom is 0.408 e. The third-order valence-electron chi connectivity index (χ3n) is 6.37. The molecule has 0 spiro atoms. The summed E-state index contributed by atoms with van der Waals surface area (Å²) in [5.74, 6) is -1.13. The molecule has 0 aromatic heterocycles. The molecule has 2 unspecified atom stereocenters. The van der Waals surface area contributed by atoms with Gasteiger partial charge in [0.25, 0.3) is 0 Å². The minimum absolute atomic E-state index is 0.0596. The summed E-state index contributed by atoms with van der Waals surface area (Å²) in [6.07, 6.45) is -0.731. The molecule has 0 radical (unpaired) electrons. The average molecular weight is 576 g/mol. The van der Waals surface area contributed by atoms with Crippen LogP contribution in [-0.2, 0) is 27.3 Å². The van der Waals surface area contributed by atoms with E-state index in [1.807, 2.05) is 30.3 Å². The molecule has 0 bridgehead atoms. The van der Waals surface area contributed by atoms with Crippen LogP contribution in [0.15, 0.2) is 78.9 Å². The van der Waals surface area contributed by atoms with Gasteiger partial charge in [-0.25, -0.2) is 4.79 Å². The Bertz CT molecular complexity index is 1360. The summed E-state index contributed by atoms with van der Waals surface area (Å²) in [6.45, 7) is 10.7. The lowest BCUT2D eigenvalue weighted by atomic mass is 9.93. The van der Waals surface area contributed by atoms with Gasteiger partial charge in [0.1, 0.15) is 29.2 Å². The number of carbonyl (C=O) groups is 3. The lowest BCUT2D eigenvalue weighted by Crippen LogP contribution is -2.59. The number of nitrogens with one attached hydrogen (secondary N) is 2. The third-order valence-corrected chi connectivity index (χ3v) is 6.37. The maximum atomic E-state index is 14.5. The number of para-hydroxylation sites is 1. The molecular formula is C33H41N3O6. The highest BCUT2D eigenvalue weighted by atomic mass is 16.6. The molecular weight excluding hydrogens is 534 g/mol. The highest BCUT2D eigenvalue weighted by molar-refractivity contribution is 5.93. The molecule has 0 aliphatic rings.